The van der Waals surface area contributed by atoms with Crippen LogP contribution in [0.1, 0.15) is 31.3 Å². The number of pyridine rings is 1. The van der Waals surface area contributed by atoms with E-state index in [1.165, 1.54) is 0 Å². The molecule has 0 saturated carbocycles. The molecule has 6 heteroatoms. The maximum atomic E-state index is 12.6. The Morgan fingerprint density at radius 1 is 1.33 bits per heavy atom. The van der Waals surface area contributed by atoms with Gasteiger partial charge in [0.2, 0.25) is 0 Å². The van der Waals surface area contributed by atoms with E-state index >= 15 is 0 Å². The van der Waals surface area contributed by atoms with Gasteiger partial charge < -0.3 is 10.0 Å². The molecule has 6 nitrogen and oxygen atoms in total. The van der Waals surface area contributed by atoms with Gasteiger partial charge in [0.25, 0.3) is 5.91 Å². The largest absolute Gasteiger partial charge is 0.392 e. The van der Waals surface area contributed by atoms with Crippen LogP contribution in [0.4, 0.5) is 0 Å². The molecule has 1 amide bonds. The van der Waals surface area contributed by atoms with Crippen molar-refractivity contribution in [1.82, 2.24) is 19.7 Å². The molecule has 2 aromatic heterocycles. The minimum absolute atomic E-state index is 0.0118. The molecule has 0 aliphatic rings. The molecular formula is C15H20N4O2. The summed E-state index contributed by atoms with van der Waals surface area (Å²) in [5.74, 6) is 0.395. The van der Waals surface area contributed by atoms with Gasteiger partial charge in [-0.15, -0.1) is 0 Å². The predicted molar refractivity (Wildman–Crippen MR) is 79.2 cm³/mol. The minimum atomic E-state index is -0.578. The van der Waals surface area contributed by atoms with Gasteiger partial charge in [-0.3, -0.25) is 4.79 Å². The standard InChI is InChI=1S/C15H20N4O2/c1-11(2)18(10-12(3)20)15(21)13-6-4-7-14(17-13)19-9-5-8-16-19/h4-9,11-12,20H,10H2,1-3H3. The highest BCUT2D eigenvalue weighted by Gasteiger charge is 2.21. The number of nitrogens with zero attached hydrogens (tertiary/aromatic N) is 4. The predicted octanol–water partition coefficient (Wildman–Crippen LogP) is 1.50. The fourth-order valence-corrected chi connectivity index (χ4v) is 2.03. The number of hydrogen-bond donors (Lipinski definition) is 1. The Morgan fingerprint density at radius 3 is 2.67 bits per heavy atom. The van der Waals surface area contributed by atoms with Crippen LogP contribution in [0.3, 0.4) is 0 Å². The molecule has 0 aliphatic carbocycles. The van der Waals surface area contributed by atoms with Gasteiger partial charge in [-0.1, -0.05) is 6.07 Å². The van der Waals surface area contributed by atoms with Crippen molar-refractivity contribution in [3.63, 3.8) is 0 Å². The van der Waals surface area contributed by atoms with E-state index < -0.39 is 6.10 Å². The first-order valence-corrected chi connectivity index (χ1v) is 6.95. The lowest BCUT2D eigenvalue weighted by molar-refractivity contribution is 0.0573. The Balaban J connectivity index is 2.28. The van der Waals surface area contributed by atoms with E-state index in [9.17, 15) is 9.90 Å². The molecule has 0 aromatic carbocycles. The van der Waals surface area contributed by atoms with Crippen LogP contribution >= 0.6 is 0 Å². The Labute approximate surface area is 124 Å². The van der Waals surface area contributed by atoms with Crippen molar-refractivity contribution in [2.75, 3.05) is 6.54 Å². The summed E-state index contributed by atoms with van der Waals surface area (Å²) in [6.07, 6.45) is 2.85. The summed E-state index contributed by atoms with van der Waals surface area (Å²) in [4.78, 5) is 18.5. The Kier molecular flexibility index (Phi) is 4.70. The van der Waals surface area contributed by atoms with Gasteiger partial charge in [0.1, 0.15) is 5.69 Å². The van der Waals surface area contributed by atoms with Crippen LogP contribution in [0, 0.1) is 0 Å². The van der Waals surface area contributed by atoms with E-state index in [-0.39, 0.29) is 18.5 Å². The molecule has 0 fully saturated rings. The number of aliphatic hydroxyl groups is 1. The van der Waals surface area contributed by atoms with Crippen LogP contribution in [0.25, 0.3) is 5.82 Å². The maximum absolute atomic E-state index is 12.6. The van der Waals surface area contributed by atoms with Crippen molar-refractivity contribution < 1.29 is 9.90 Å². The summed E-state index contributed by atoms with van der Waals surface area (Å²) in [6, 6.07) is 7.02. The van der Waals surface area contributed by atoms with Crippen molar-refractivity contribution in [2.24, 2.45) is 0 Å². The zero-order valence-corrected chi connectivity index (χ0v) is 12.5. The van der Waals surface area contributed by atoms with Crippen LogP contribution in [0.5, 0.6) is 0 Å². The summed E-state index contributed by atoms with van der Waals surface area (Å²) >= 11 is 0. The molecule has 1 unspecified atom stereocenters. The van der Waals surface area contributed by atoms with E-state index in [1.807, 2.05) is 13.8 Å². The molecule has 2 heterocycles. The van der Waals surface area contributed by atoms with Crippen LogP contribution in [0.15, 0.2) is 36.7 Å². The lowest BCUT2D eigenvalue weighted by atomic mass is 10.2. The summed E-state index contributed by atoms with van der Waals surface area (Å²) in [5.41, 5.74) is 0.345. The molecule has 1 atom stereocenters. The van der Waals surface area contributed by atoms with E-state index in [4.69, 9.17) is 0 Å². The normalized spacial score (nSPS) is 12.4. The molecule has 21 heavy (non-hydrogen) atoms. The smallest absolute Gasteiger partial charge is 0.272 e. The summed E-state index contributed by atoms with van der Waals surface area (Å²) in [6.45, 7) is 5.77. The molecule has 0 saturated heterocycles. The Bertz CT molecular complexity index is 593. The molecule has 0 aliphatic heterocycles. The summed E-state index contributed by atoms with van der Waals surface area (Å²) in [7, 11) is 0. The monoisotopic (exact) mass is 288 g/mol. The number of rotatable bonds is 5. The second kappa shape index (κ2) is 6.49. The number of aliphatic hydroxyl groups excluding tert-OH is 1. The lowest BCUT2D eigenvalue weighted by Gasteiger charge is -2.27. The fourth-order valence-electron chi connectivity index (χ4n) is 2.03. The SMILES string of the molecule is CC(O)CN(C(=O)c1cccc(-n2cccn2)n1)C(C)C. The highest BCUT2D eigenvalue weighted by molar-refractivity contribution is 5.92. The van der Waals surface area contributed by atoms with Gasteiger partial charge in [0.05, 0.1) is 6.10 Å². The fraction of sp³-hybridized carbons (Fsp3) is 0.400. The molecule has 0 bridgehead atoms. The number of carbonyl (C=O) groups is 1. The van der Waals surface area contributed by atoms with Gasteiger partial charge in [-0.2, -0.15) is 5.10 Å². The molecule has 2 rings (SSSR count). The van der Waals surface area contributed by atoms with Gasteiger partial charge in [-0.05, 0) is 39.0 Å². The Morgan fingerprint density at radius 2 is 2.10 bits per heavy atom. The zero-order valence-electron chi connectivity index (χ0n) is 12.5. The van der Waals surface area contributed by atoms with Crippen molar-refractivity contribution in [3.8, 4) is 5.82 Å². The first-order chi connectivity index (χ1) is 9.99. The molecule has 0 spiro atoms. The van der Waals surface area contributed by atoms with Gasteiger partial charge in [-0.25, -0.2) is 9.67 Å². The van der Waals surface area contributed by atoms with Gasteiger partial charge >= 0.3 is 0 Å². The average molecular weight is 288 g/mol. The minimum Gasteiger partial charge on any atom is -0.392 e. The van der Waals surface area contributed by atoms with Crippen molar-refractivity contribution >= 4 is 5.91 Å². The third-order valence-electron chi connectivity index (χ3n) is 3.04. The number of amides is 1. The van der Waals surface area contributed by atoms with Crippen LogP contribution in [-0.2, 0) is 0 Å². The highest BCUT2D eigenvalue weighted by Crippen LogP contribution is 2.10. The van der Waals surface area contributed by atoms with Crippen molar-refractivity contribution in [1.29, 1.82) is 0 Å². The number of carbonyl (C=O) groups excluding carboxylic acids is 1. The number of hydrogen-bond acceptors (Lipinski definition) is 4. The maximum Gasteiger partial charge on any atom is 0.272 e. The van der Waals surface area contributed by atoms with Gasteiger partial charge in [0, 0.05) is 25.0 Å². The lowest BCUT2D eigenvalue weighted by Crippen LogP contribution is -2.41. The zero-order chi connectivity index (χ0) is 15.4. The summed E-state index contributed by atoms with van der Waals surface area (Å²) in [5, 5.41) is 13.6. The molecular weight excluding hydrogens is 268 g/mol. The highest BCUT2D eigenvalue weighted by atomic mass is 16.3. The quantitative estimate of drug-likeness (QED) is 0.905. The molecule has 0 radical (unpaired) electrons. The second-order valence-corrected chi connectivity index (χ2v) is 5.23. The second-order valence-electron chi connectivity index (χ2n) is 5.23. The van der Waals surface area contributed by atoms with Crippen LogP contribution in [0.2, 0.25) is 0 Å². The first-order valence-electron chi connectivity index (χ1n) is 6.95. The van der Waals surface area contributed by atoms with E-state index in [0.29, 0.717) is 11.5 Å². The third-order valence-corrected chi connectivity index (χ3v) is 3.04. The first kappa shape index (κ1) is 15.2. The average Bonchev–Trinajstić information content (AvgIpc) is 2.98. The molecule has 2 aromatic rings. The van der Waals surface area contributed by atoms with E-state index in [1.54, 1.807) is 53.2 Å². The number of aromatic nitrogens is 3. The Hall–Kier alpha value is -2.21. The van der Waals surface area contributed by atoms with E-state index in [0.717, 1.165) is 0 Å². The van der Waals surface area contributed by atoms with Gasteiger partial charge in [0.15, 0.2) is 5.82 Å². The van der Waals surface area contributed by atoms with Crippen LogP contribution < -0.4 is 0 Å². The molecule has 1 N–H and O–H groups in total. The van der Waals surface area contributed by atoms with Crippen LogP contribution in [-0.4, -0.2) is 49.4 Å². The topological polar surface area (TPSA) is 71.2 Å². The summed E-state index contributed by atoms with van der Waals surface area (Å²) < 4.78 is 1.60. The molecule has 112 valence electrons. The third kappa shape index (κ3) is 3.66. The van der Waals surface area contributed by atoms with Crippen molar-refractivity contribution in [2.45, 2.75) is 32.9 Å². The van der Waals surface area contributed by atoms with E-state index in [2.05, 4.69) is 10.1 Å². The van der Waals surface area contributed by atoms with Crippen molar-refractivity contribution in [3.05, 3.63) is 42.4 Å².